The molecule has 1 atom stereocenters. The molecule has 1 aromatic rings. The molecule has 78 valence electrons. The SMILES string of the molecule is CC(CC#N)NC(=O)c1ccnc(F)c1. The van der Waals surface area contributed by atoms with Crippen LogP contribution < -0.4 is 5.32 Å². The van der Waals surface area contributed by atoms with Gasteiger partial charge in [0.25, 0.3) is 5.91 Å². The number of hydrogen-bond acceptors (Lipinski definition) is 3. The maximum Gasteiger partial charge on any atom is 0.251 e. The van der Waals surface area contributed by atoms with Gasteiger partial charge in [0.1, 0.15) is 0 Å². The molecule has 15 heavy (non-hydrogen) atoms. The predicted octanol–water partition coefficient (Wildman–Crippen LogP) is 1.25. The maximum absolute atomic E-state index is 12.7. The standard InChI is InChI=1S/C10H10FN3O/c1-7(2-4-12)14-10(15)8-3-5-13-9(11)6-8/h3,5-7H,2H2,1H3,(H,14,15). The number of nitrogens with one attached hydrogen (secondary N) is 1. The molecule has 0 aliphatic rings. The zero-order valence-corrected chi connectivity index (χ0v) is 8.20. The molecule has 1 rings (SSSR count). The van der Waals surface area contributed by atoms with Gasteiger partial charge in [-0.2, -0.15) is 9.65 Å². The lowest BCUT2D eigenvalue weighted by Crippen LogP contribution is -2.32. The zero-order chi connectivity index (χ0) is 11.3. The Balaban J connectivity index is 2.66. The van der Waals surface area contributed by atoms with Crippen molar-refractivity contribution in [3.63, 3.8) is 0 Å². The lowest BCUT2D eigenvalue weighted by atomic mass is 10.2. The van der Waals surface area contributed by atoms with Crippen molar-refractivity contribution in [3.8, 4) is 6.07 Å². The van der Waals surface area contributed by atoms with Gasteiger partial charge in [0.05, 0.1) is 12.5 Å². The van der Waals surface area contributed by atoms with E-state index in [2.05, 4.69) is 10.3 Å². The van der Waals surface area contributed by atoms with E-state index in [4.69, 9.17) is 5.26 Å². The van der Waals surface area contributed by atoms with Gasteiger partial charge in [-0.05, 0) is 13.0 Å². The van der Waals surface area contributed by atoms with Gasteiger partial charge in [-0.1, -0.05) is 0 Å². The first-order valence-corrected chi connectivity index (χ1v) is 4.43. The van der Waals surface area contributed by atoms with E-state index in [1.807, 2.05) is 6.07 Å². The highest BCUT2D eigenvalue weighted by Crippen LogP contribution is 2.01. The summed E-state index contributed by atoms with van der Waals surface area (Å²) in [7, 11) is 0. The van der Waals surface area contributed by atoms with Crippen LogP contribution in [0.5, 0.6) is 0 Å². The van der Waals surface area contributed by atoms with Crippen molar-refractivity contribution < 1.29 is 9.18 Å². The molecule has 0 aliphatic heterocycles. The number of nitrogens with zero attached hydrogens (tertiary/aromatic N) is 2. The first-order valence-electron chi connectivity index (χ1n) is 4.43. The molecule has 4 nitrogen and oxygen atoms in total. The lowest BCUT2D eigenvalue weighted by molar-refractivity contribution is 0.0940. The van der Waals surface area contributed by atoms with E-state index in [9.17, 15) is 9.18 Å². The number of nitriles is 1. The molecule has 0 aromatic carbocycles. The summed E-state index contributed by atoms with van der Waals surface area (Å²) in [5.74, 6) is -1.10. The van der Waals surface area contributed by atoms with Gasteiger partial charge in [-0.25, -0.2) is 4.98 Å². The highest BCUT2D eigenvalue weighted by atomic mass is 19.1. The number of halogens is 1. The van der Waals surface area contributed by atoms with Crippen LogP contribution in [0.15, 0.2) is 18.3 Å². The van der Waals surface area contributed by atoms with E-state index in [0.29, 0.717) is 0 Å². The topological polar surface area (TPSA) is 65.8 Å². The summed E-state index contributed by atoms with van der Waals surface area (Å²) in [6.45, 7) is 1.71. The summed E-state index contributed by atoms with van der Waals surface area (Å²) in [5, 5.41) is 11.0. The summed E-state index contributed by atoms with van der Waals surface area (Å²) < 4.78 is 12.7. The minimum absolute atomic E-state index is 0.201. The smallest absolute Gasteiger partial charge is 0.251 e. The Morgan fingerprint density at radius 2 is 2.53 bits per heavy atom. The molecular weight excluding hydrogens is 197 g/mol. The molecule has 1 amide bonds. The number of aromatic nitrogens is 1. The highest BCUT2D eigenvalue weighted by molar-refractivity contribution is 5.94. The Morgan fingerprint density at radius 3 is 3.13 bits per heavy atom. The van der Waals surface area contributed by atoms with Crippen molar-refractivity contribution in [1.29, 1.82) is 5.26 Å². The van der Waals surface area contributed by atoms with Crippen LogP contribution in [0.3, 0.4) is 0 Å². The minimum Gasteiger partial charge on any atom is -0.349 e. The Bertz CT molecular complexity index is 400. The summed E-state index contributed by atoms with van der Waals surface area (Å²) in [6, 6.07) is 4.15. The summed E-state index contributed by atoms with van der Waals surface area (Å²) in [6.07, 6.45) is 1.44. The molecule has 1 N–H and O–H groups in total. The van der Waals surface area contributed by atoms with Crippen LogP contribution in [-0.2, 0) is 0 Å². The van der Waals surface area contributed by atoms with Crippen LogP contribution >= 0.6 is 0 Å². The van der Waals surface area contributed by atoms with Gasteiger partial charge in [0.2, 0.25) is 5.95 Å². The molecule has 1 unspecified atom stereocenters. The Morgan fingerprint density at radius 1 is 1.80 bits per heavy atom. The number of pyridine rings is 1. The fraction of sp³-hybridized carbons (Fsp3) is 0.300. The van der Waals surface area contributed by atoms with Gasteiger partial charge >= 0.3 is 0 Å². The van der Waals surface area contributed by atoms with E-state index in [1.165, 1.54) is 12.3 Å². The molecule has 0 radical (unpaired) electrons. The molecule has 0 bridgehead atoms. The van der Waals surface area contributed by atoms with E-state index in [-0.39, 0.29) is 18.0 Å². The fourth-order valence-electron chi connectivity index (χ4n) is 1.04. The van der Waals surface area contributed by atoms with Crippen molar-refractivity contribution in [3.05, 3.63) is 29.8 Å². The third kappa shape index (κ3) is 3.35. The van der Waals surface area contributed by atoms with E-state index in [1.54, 1.807) is 6.92 Å². The lowest BCUT2D eigenvalue weighted by Gasteiger charge is -2.09. The number of carbonyl (C=O) groups excluding carboxylic acids is 1. The Hall–Kier alpha value is -1.96. The number of amides is 1. The minimum atomic E-state index is -0.699. The van der Waals surface area contributed by atoms with Crippen molar-refractivity contribution >= 4 is 5.91 Å². The second-order valence-corrected chi connectivity index (χ2v) is 3.10. The summed E-state index contributed by atoms with van der Waals surface area (Å²) >= 11 is 0. The normalized spacial score (nSPS) is 11.5. The van der Waals surface area contributed by atoms with Crippen LogP contribution in [0, 0.1) is 17.3 Å². The molecule has 0 saturated heterocycles. The average Bonchev–Trinajstić information content (AvgIpc) is 2.18. The molecule has 1 heterocycles. The third-order valence-corrected chi connectivity index (χ3v) is 1.76. The van der Waals surface area contributed by atoms with Crippen LogP contribution in [0.25, 0.3) is 0 Å². The summed E-state index contributed by atoms with van der Waals surface area (Å²) in [4.78, 5) is 14.8. The van der Waals surface area contributed by atoms with Crippen molar-refractivity contribution in [1.82, 2.24) is 10.3 Å². The Labute approximate surface area is 86.7 Å². The first-order chi connectivity index (χ1) is 7.13. The third-order valence-electron chi connectivity index (χ3n) is 1.76. The second kappa shape index (κ2) is 5.05. The van der Waals surface area contributed by atoms with Gasteiger partial charge in [-0.3, -0.25) is 4.79 Å². The first kappa shape index (κ1) is 11.1. The van der Waals surface area contributed by atoms with Crippen LogP contribution in [0.2, 0.25) is 0 Å². The van der Waals surface area contributed by atoms with Crippen LogP contribution in [0.1, 0.15) is 23.7 Å². The van der Waals surface area contributed by atoms with E-state index >= 15 is 0 Å². The molecular formula is C10H10FN3O. The summed E-state index contributed by atoms with van der Waals surface area (Å²) in [5.41, 5.74) is 0.201. The monoisotopic (exact) mass is 207 g/mol. The van der Waals surface area contributed by atoms with Gasteiger partial charge < -0.3 is 5.32 Å². The molecule has 5 heteroatoms. The number of rotatable bonds is 3. The fourth-order valence-corrected chi connectivity index (χ4v) is 1.04. The second-order valence-electron chi connectivity index (χ2n) is 3.10. The predicted molar refractivity (Wildman–Crippen MR) is 51.4 cm³/mol. The van der Waals surface area contributed by atoms with Gasteiger partial charge in [0, 0.05) is 23.9 Å². The highest BCUT2D eigenvalue weighted by Gasteiger charge is 2.09. The van der Waals surface area contributed by atoms with Crippen molar-refractivity contribution in [2.75, 3.05) is 0 Å². The number of carbonyl (C=O) groups is 1. The Kier molecular flexibility index (Phi) is 3.75. The maximum atomic E-state index is 12.7. The molecule has 0 saturated carbocycles. The zero-order valence-electron chi connectivity index (χ0n) is 8.20. The quantitative estimate of drug-likeness (QED) is 0.758. The van der Waals surface area contributed by atoms with E-state index < -0.39 is 11.9 Å². The van der Waals surface area contributed by atoms with Crippen LogP contribution in [-0.4, -0.2) is 16.9 Å². The van der Waals surface area contributed by atoms with Crippen molar-refractivity contribution in [2.24, 2.45) is 0 Å². The van der Waals surface area contributed by atoms with E-state index in [0.717, 1.165) is 6.07 Å². The van der Waals surface area contributed by atoms with Gasteiger partial charge in [-0.15, -0.1) is 0 Å². The molecule has 1 aromatic heterocycles. The molecule has 0 spiro atoms. The van der Waals surface area contributed by atoms with Crippen molar-refractivity contribution in [2.45, 2.75) is 19.4 Å². The molecule has 0 fully saturated rings. The number of hydrogen-bond donors (Lipinski definition) is 1. The largest absolute Gasteiger partial charge is 0.349 e. The van der Waals surface area contributed by atoms with Gasteiger partial charge in [0.15, 0.2) is 0 Å². The average molecular weight is 207 g/mol. The van der Waals surface area contributed by atoms with Crippen LogP contribution in [0.4, 0.5) is 4.39 Å². The molecule has 0 aliphatic carbocycles.